The van der Waals surface area contributed by atoms with Crippen LogP contribution in [0.3, 0.4) is 0 Å². The summed E-state index contributed by atoms with van der Waals surface area (Å²) < 4.78 is 1.14. The Hall–Kier alpha value is -2.33. The molecule has 2 aromatic carbocycles. The maximum absolute atomic E-state index is 12.4. The van der Waals surface area contributed by atoms with Crippen molar-refractivity contribution in [2.75, 3.05) is 0 Å². The van der Waals surface area contributed by atoms with Gasteiger partial charge in [0.25, 0.3) is 0 Å². The molecule has 108 valence electrons. The van der Waals surface area contributed by atoms with Crippen molar-refractivity contribution in [3.63, 3.8) is 0 Å². The summed E-state index contributed by atoms with van der Waals surface area (Å²) in [6.07, 6.45) is 1.20. The zero-order chi connectivity index (χ0) is 15.1. The van der Waals surface area contributed by atoms with E-state index < -0.39 is 5.92 Å². The number of benzene rings is 2. The van der Waals surface area contributed by atoms with E-state index in [-0.39, 0.29) is 11.6 Å². The summed E-state index contributed by atoms with van der Waals surface area (Å²) in [6.45, 7) is 0. The van der Waals surface area contributed by atoms with Crippen LogP contribution >= 0.6 is 11.3 Å². The minimum atomic E-state index is -0.538. The van der Waals surface area contributed by atoms with E-state index >= 15 is 0 Å². The number of carbonyl (C=O) groups is 2. The third kappa shape index (κ3) is 2.07. The van der Waals surface area contributed by atoms with E-state index in [0.29, 0.717) is 24.0 Å². The van der Waals surface area contributed by atoms with Gasteiger partial charge in [0.1, 0.15) is 0 Å². The van der Waals surface area contributed by atoms with Crippen LogP contribution in [-0.2, 0) is 6.42 Å². The number of nitrogens with zero attached hydrogens (tertiary/aromatic N) is 1. The van der Waals surface area contributed by atoms with Gasteiger partial charge in [-0.1, -0.05) is 36.4 Å². The molecule has 0 N–H and O–H groups in total. The molecule has 1 heterocycles. The molecular weight excluding hydrogens is 294 g/mol. The number of hydrogen-bond acceptors (Lipinski definition) is 4. The van der Waals surface area contributed by atoms with Gasteiger partial charge in [-0.3, -0.25) is 9.59 Å². The van der Waals surface area contributed by atoms with Crippen LogP contribution in [0.15, 0.2) is 48.5 Å². The Morgan fingerprint density at radius 1 is 0.909 bits per heavy atom. The molecule has 0 saturated carbocycles. The fourth-order valence-electron chi connectivity index (χ4n) is 2.96. The highest BCUT2D eigenvalue weighted by Crippen LogP contribution is 2.31. The van der Waals surface area contributed by atoms with Crippen LogP contribution in [0.5, 0.6) is 0 Å². The van der Waals surface area contributed by atoms with Gasteiger partial charge in [0.05, 0.1) is 21.1 Å². The first-order valence-corrected chi connectivity index (χ1v) is 8.07. The van der Waals surface area contributed by atoms with Gasteiger partial charge in [-0.05, 0) is 18.6 Å². The molecule has 0 bridgehead atoms. The highest BCUT2D eigenvalue weighted by atomic mass is 32.1. The molecule has 0 radical (unpaired) electrons. The van der Waals surface area contributed by atoms with Crippen molar-refractivity contribution < 1.29 is 9.59 Å². The first-order chi connectivity index (χ1) is 10.7. The normalized spacial score (nSPS) is 14.7. The lowest BCUT2D eigenvalue weighted by Gasteiger charge is -2.04. The SMILES string of the molecule is O=C1c2ccccc2C(=O)C1CCc1nc2ccccc2s1. The summed E-state index contributed by atoms with van der Waals surface area (Å²) in [6, 6.07) is 15.1. The Morgan fingerprint density at radius 2 is 1.55 bits per heavy atom. The molecule has 3 nitrogen and oxygen atoms in total. The second-order valence-corrected chi connectivity index (χ2v) is 6.56. The van der Waals surface area contributed by atoms with Crippen LogP contribution < -0.4 is 0 Å². The van der Waals surface area contributed by atoms with Gasteiger partial charge >= 0.3 is 0 Å². The summed E-state index contributed by atoms with van der Waals surface area (Å²) in [5.41, 5.74) is 2.12. The average molecular weight is 307 g/mol. The number of thiazole rings is 1. The van der Waals surface area contributed by atoms with E-state index in [9.17, 15) is 9.59 Å². The van der Waals surface area contributed by atoms with Crippen molar-refractivity contribution in [2.45, 2.75) is 12.8 Å². The molecule has 4 heteroatoms. The van der Waals surface area contributed by atoms with Gasteiger partial charge in [-0.2, -0.15) is 0 Å². The average Bonchev–Trinajstić information content (AvgIpc) is 3.06. The molecule has 0 saturated heterocycles. The number of rotatable bonds is 3. The van der Waals surface area contributed by atoms with Crippen LogP contribution in [0, 0.1) is 5.92 Å². The van der Waals surface area contributed by atoms with E-state index in [0.717, 1.165) is 15.2 Å². The highest BCUT2D eigenvalue weighted by Gasteiger charge is 2.37. The molecule has 0 atom stereocenters. The van der Waals surface area contributed by atoms with Crippen molar-refractivity contribution in [3.05, 3.63) is 64.7 Å². The zero-order valence-corrected chi connectivity index (χ0v) is 12.6. The summed E-state index contributed by atoms with van der Waals surface area (Å²) >= 11 is 1.63. The first-order valence-electron chi connectivity index (χ1n) is 7.26. The summed E-state index contributed by atoms with van der Waals surface area (Å²) in [5.74, 6) is -0.618. The second kappa shape index (κ2) is 5.14. The lowest BCUT2D eigenvalue weighted by molar-refractivity contribution is 0.0831. The number of aryl methyl sites for hydroxylation is 1. The summed E-state index contributed by atoms with van der Waals surface area (Å²) in [5, 5.41) is 0.984. The van der Waals surface area contributed by atoms with Crippen molar-refractivity contribution in [1.29, 1.82) is 0 Å². The van der Waals surface area contributed by atoms with Crippen molar-refractivity contribution in [1.82, 2.24) is 4.98 Å². The molecule has 4 rings (SSSR count). The Labute approximate surface area is 131 Å². The molecule has 1 aliphatic carbocycles. The van der Waals surface area contributed by atoms with Crippen LogP contribution in [0.1, 0.15) is 32.1 Å². The molecule has 22 heavy (non-hydrogen) atoms. The fourth-order valence-corrected chi connectivity index (χ4v) is 3.95. The van der Waals surface area contributed by atoms with E-state index in [1.165, 1.54) is 0 Å². The maximum atomic E-state index is 12.4. The Balaban J connectivity index is 1.55. The van der Waals surface area contributed by atoms with Crippen molar-refractivity contribution >= 4 is 33.1 Å². The number of ketones is 2. The monoisotopic (exact) mass is 307 g/mol. The Morgan fingerprint density at radius 3 is 2.23 bits per heavy atom. The maximum Gasteiger partial charge on any atom is 0.174 e. The predicted octanol–water partition coefficient (Wildman–Crippen LogP) is 3.92. The molecule has 3 aromatic rings. The first kappa shape index (κ1) is 13.3. The molecule has 1 aromatic heterocycles. The van der Waals surface area contributed by atoms with Gasteiger partial charge in [-0.15, -0.1) is 11.3 Å². The van der Waals surface area contributed by atoms with E-state index in [1.54, 1.807) is 35.6 Å². The number of hydrogen-bond donors (Lipinski definition) is 0. The smallest absolute Gasteiger partial charge is 0.174 e. The number of Topliss-reactive ketones (excluding diaryl/α,β-unsaturated/α-hetero) is 2. The standard InChI is InChI=1S/C18H13NO2S/c20-17-11-5-1-2-6-12(11)18(21)13(17)9-10-16-19-14-7-3-4-8-15(14)22-16/h1-8,13H,9-10H2. The van der Waals surface area contributed by atoms with Gasteiger partial charge in [0.2, 0.25) is 0 Å². The third-order valence-corrected chi connectivity index (χ3v) is 5.17. The molecule has 1 aliphatic rings. The number of aromatic nitrogens is 1. The summed E-state index contributed by atoms with van der Waals surface area (Å²) in [7, 11) is 0. The van der Waals surface area contributed by atoms with Crippen molar-refractivity contribution in [2.24, 2.45) is 5.92 Å². The largest absolute Gasteiger partial charge is 0.293 e. The van der Waals surface area contributed by atoms with E-state index in [4.69, 9.17) is 0 Å². The number of fused-ring (bicyclic) bond motifs is 2. The number of para-hydroxylation sites is 1. The van der Waals surface area contributed by atoms with E-state index in [2.05, 4.69) is 4.98 Å². The quantitative estimate of drug-likeness (QED) is 0.689. The Kier molecular flexibility index (Phi) is 3.12. The second-order valence-electron chi connectivity index (χ2n) is 5.44. The lowest BCUT2D eigenvalue weighted by Crippen LogP contribution is -2.15. The van der Waals surface area contributed by atoms with Crippen LogP contribution in [0.25, 0.3) is 10.2 Å². The van der Waals surface area contributed by atoms with Crippen LogP contribution in [0.4, 0.5) is 0 Å². The Bertz CT molecular complexity index is 829. The van der Waals surface area contributed by atoms with E-state index in [1.807, 2.05) is 24.3 Å². The molecule has 0 amide bonds. The molecule has 0 fully saturated rings. The minimum Gasteiger partial charge on any atom is -0.293 e. The van der Waals surface area contributed by atoms with Crippen molar-refractivity contribution in [3.8, 4) is 0 Å². The fraction of sp³-hybridized carbons (Fsp3) is 0.167. The highest BCUT2D eigenvalue weighted by molar-refractivity contribution is 7.18. The molecule has 0 spiro atoms. The summed E-state index contributed by atoms with van der Waals surface area (Å²) in [4.78, 5) is 29.3. The topological polar surface area (TPSA) is 47.0 Å². The van der Waals surface area contributed by atoms with Gasteiger partial charge < -0.3 is 0 Å². The minimum absolute atomic E-state index is 0.0401. The lowest BCUT2D eigenvalue weighted by atomic mass is 9.98. The van der Waals surface area contributed by atoms with Gasteiger partial charge in [0.15, 0.2) is 11.6 Å². The number of carbonyl (C=O) groups excluding carboxylic acids is 2. The molecule has 0 aliphatic heterocycles. The zero-order valence-electron chi connectivity index (χ0n) is 11.8. The predicted molar refractivity (Wildman–Crippen MR) is 86.5 cm³/mol. The van der Waals surface area contributed by atoms with Crippen LogP contribution in [-0.4, -0.2) is 16.6 Å². The van der Waals surface area contributed by atoms with Gasteiger partial charge in [-0.25, -0.2) is 4.98 Å². The van der Waals surface area contributed by atoms with Gasteiger partial charge in [0, 0.05) is 17.5 Å². The molecular formula is C18H13NO2S. The molecule has 0 unspecified atom stereocenters. The van der Waals surface area contributed by atoms with Crippen LogP contribution in [0.2, 0.25) is 0 Å². The third-order valence-electron chi connectivity index (χ3n) is 4.08.